The summed E-state index contributed by atoms with van der Waals surface area (Å²) in [5.74, 6) is 0.924. The molecule has 4 heteroatoms. The lowest BCUT2D eigenvalue weighted by Gasteiger charge is -2.16. The monoisotopic (exact) mass is 305 g/mol. The first kappa shape index (κ1) is 15.9. The molecule has 0 spiro atoms. The molecule has 2 nitrogen and oxygen atoms in total. The van der Waals surface area contributed by atoms with Gasteiger partial charge in [-0.1, -0.05) is 24.3 Å². The van der Waals surface area contributed by atoms with E-state index in [0.29, 0.717) is 11.8 Å². The van der Waals surface area contributed by atoms with Crippen molar-refractivity contribution in [2.75, 3.05) is 19.9 Å². The van der Waals surface area contributed by atoms with Crippen LogP contribution in [0.5, 0.6) is 5.75 Å². The van der Waals surface area contributed by atoms with Crippen LogP contribution < -0.4 is 10.1 Å². The van der Waals surface area contributed by atoms with E-state index in [4.69, 9.17) is 4.74 Å². The molecule has 0 aliphatic heterocycles. The normalized spacial score (nSPS) is 12.1. The van der Waals surface area contributed by atoms with Gasteiger partial charge in [-0.25, -0.2) is 4.39 Å². The second-order valence-electron chi connectivity index (χ2n) is 4.78. The Balaban J connectivity index is 1.94. The number of rotatable bonds is 7. The number of ether oxygens (including phenoxy) is 1. The maximum absolute atomic E-state index is 13.7. The minimum atomic E-state index is -0.305. The lowest BCUT2D eigenvalue weighted by atomic mass is 10.1. The van der Waals surface area contributed by atoms with Crippen LogP contribution in [0.4, 0.5) is 4.39 Å². The van der Waals surface area contributed by atoms with Gasteiger partial charge >= 0.3 is 0 Å². The molecule has 0 aromatic heterocycles. The largest absolute Gasteiger partial charge is 0.494 e. The Labute approximate surface area is 129 Å². The number of halogens is 1. The van der Waals surface area contributed by atoms with Crippen molar-refractivity contribution in [3.63, 3.8) is 0 Å². The van der Waals surface area contributed by atoms with E-state index < -0.39 is 0 Å². The molecular formula is C17H20FNOS. The van der Waals surface area contributed by atoms with Gasteiger partial charge < -0.3 is 10.1 Å². The predicted molar refractivity (Wildman–Crippen MR) is 86.7 cm³/mol. The molecule has 0 amide bonds. The molecule has 1 N–H and O–H groups in total. The molecule has 0 bridgehead atoms. The van der Waals surface area contributed by atoms with Crippen LogP contribution in [0.25, 0.3) is 0 Å². The van der Waals surface area contributed by atoms with Gasteiger partial charge in [0.2, 0.25) is 0 Å². The quantitative estimate of drug-likeness (QED) is 0.787. The van der Waals surface area contributed by atoms with Crippen molar-refractivity contribution in [2.24, 2.45) is 0 Å². The van der Waals surface area contributed by atoms with E-state index >= 15 is 0 Å². The molecule has 0 heterocycles. The van der Waals surface area contributed by atoms with Crippen LogP contribution in [-0.2, 0) is 6.42 Å². The standard InChI is InChI=1S/C17H20FNOS/c1-19-14(12-21-15-6-4-3-5-7-15)10-13-8-9-17(20-2)16(18)11-13/h3-9,11,14,19H,10,12H2,1-2H3. The van der Waals surface area contributed by atoms with Gasteiger partial charge in [0.05, 0.1) is 7.11 Å². The lowest BCUT2D eigenvalue weighted by Crippen LogP contribution is -2.30. The molecule has 112 valence electrons. The van der Waals surface area contributed by atoms with E-state index in [2.05, 4.69) is 17.4 Å². The number of hydrogen-bond acceptors (Lipinski definition) is 3. The average Bonchev–Trinajstić information content (AvgIpc) is 2.52. The molecule has 2 aromatic rings. The Morgan fingerprint density at radius 3 is 2.57 bits per heavy atom. The fourth-order valence-electron chi connectivity index (χ4n) is 2.08. The first-order valence-corrected chi connectivity index (χ1v) is 7.89. The summed E-state index contributed by atoms with van der Waals surface area (Å²) < 4.78 is 18.6. The Bertz CT molecular complexity index is 562. The lowest BCUT2D eigenvalue weighted by molar-refractivity contribution is 0.386. The molecule has 0 fully saturated rings. The van der Waals surface area contributed by atoms with Crippen LogP contribution in [-0.4, -0.2) is 26.0 Å². The molecule has 1 unspecified atom stereocenters. The van der Waals surface area contributed by atoms with Crippen molar-refractivity contribution in [1.82, 2.24) is 5.32 Å². The van der Waals surface area contributed by atoms with E-state index in [1.165, 1.54) is 12.0 Å². The molecule has 0 aliphatic rings. The van der Waals surface area contributed by atoms with Crippen molar-refractivity contribution in [3.05, 3.63) is 59.9 Å². The molecule has 0 saturated heterocycles. The molecule has 2 aromatic carbocycles. The first-order valence-electron chi connectivity index (χ1n) is 6.90. The van der Waals surface area contributed by atoms with Crippen LogP contribution in [0.3, 0.4) is 0 Å². The Morgan fingerprint density at radius 2 is 1.95 bits per heavy atom. The molecule has 2 rings (SSSR count). The fraction of sp³-hybridized carbons (Fsp3) is 0.294. The zero-order chi connectivity index (χ0) is 15.1. The zero-order valence-corrected chi connectivity index (χ0v) is 13.1. The van der Waals surface area contributed by atoms with E-state index in [1.54, 1.807) is 23.9 Å². The highest BCUT2D eigenvalue weighted by molar-refractivity contribution is 7.99. The Morgan fingerprint density at radius 1 is 1.19 bits per heavy atom. The summed E-state index contributed by atoms with van der Waals surface area (Å²) >= 11 is 1.80. The Hall–Kier alpha value is -1.52. The van der Waals surface area contributed by atoms with Crippen molar-refractivity contribution >= 4 is 11.8 Å². The molecule has 21 heavy (non-hydrogen) atoms. The van der Waals surface area contributed by atoms with E-state index in [0.717, 1.165) is 17.7 Å². The Kier molecular flexibility index (Phi) is 6.08. The molecule has 1 atom stereocenters. The SMILES string of the molecule is CNC(CSc1ccccc1)Cc1ccc(OC)c(F)c1. The highest BCUT2D eigenvalue weighted by atomic mass is 32.2. The van der Waals surface area contributed by atoms with Crippen LogP contribution in [0.1, 0.15) is 5.56 Å². The van der Waals surface area contributed by atoms with Crippen molar-refractivity contribution in [3.8, 4) is 5.75 Å². The van der Waals surface area contributed by atoms with Crippen LogP contribution in [0, 0.1) is 5.82 Å². The van der Waals surface area contributed by atoms with Crippen molar-refractivity contribution < 1.29 is 9.13 Å². The van der Waals surface area contributed by atoms with Crippen molar-refractivity contribution in [2.45, 2.75) is 17.4 Å². The number of methoxy groups -OCH3 is 1. The van der Waals surface area contributed by atoms with Gasteiger partial charge in [-0.05, 0) is 43.3 Å². The summed E-state index contributed by atoms with van der Waals surface area (Å²) in [6, 6.07) is 15.7. The maximum Gasteiger partial charge on any atom is 0.165 e. The van der Waals surface area contributed by atoms with Crippen LogP contribution in [0.15, 0.2) is 53.4 Å². The predicted octanol–water partition coefficient (Wildman–Crippen LogP) is 3.76. The van der Waals surface area contributed by atoms with Gasteiger partial charge in [0, 0.05) is 16.7 Å². The zero-order valence-electron chi connectivity index (χ0n) is 12.3. The summed E-state index contributed by atoms with van der Waals surface area (Å²) in [4.78, 5) is 1.25. The molecular weight excluding hydrogens is 285 g/mol. The minimum absolute atomic E-state index is 0.290. The number of hydrogen-bond donors (Lipinski definition) is 1. The third kappa shape index (κ3) is 4.76. The van der Waals surface area contributed by atoms with E-state index in [1.807, 2.05) is 31.3 Å². The maximum atomic E-state index is 13.7. The third-order valence-corrected chi connectivity index (χ3v) is 4.48. The summed E-state index contributed by atoms with van der Waals surface area (Å²) in [7, 11) is 3.42. The number of nitrogens with one attached hydrogen (secondary N) is 1. The summed E-state index contributed by atoms with van der Waals surface area (Å²) in [5.41, 5.74) is 0.973. The van der Waals surface area contributed by atoms with E-state index in [-0.39, 0.29) is 5.82 Å². The van der Waals surface area contributed by atoms with Crippen molar-refractivity contribution in [1.29, 1.82) is 0 Å². The summed E-state index contributed by atoms with van der Waals surface area (Å²) in [6.45, 7) is 0. The number of likely N-dealkylation sites (N-methyl/N-ethyl adjacent to an activating group) is 1. The van der Waals surface area contributed by atoms with Gasteiger partial charge in [0.1, 0.15) is 0 Å². The first-order chi connectivity index (χ1) is 10.2. The van der Waals surface area contributed by atoms with Gasteiger partial charge in [-0.15, -0.1) is 11.8 Å². The average molecular weight is 305 g/mol. The highest BCUT2D eigenvalue weighted by Gasteiger charge is 2.10. The summed E-state index contributed by atoms with van der Waals surface area (Å²) in [5, 5.41) is 3.29. The molecule has 0 saturated carbocycles. The van der Waals surface area contributed by atoms with E-state index in [9.17, 15) is 4.39 Å². The number of benzene rings is 2. The van der Waals surface area contributed by atoms with Gasteiger partial charge in [0.25, 0.3) is 0 Å². The second-order valence-corrected chi connectivity index (χ2v) is 5.88. The smallest absolute Gasteiger partial charge is 0.165 e. The minimum Gasteiger partial charge on any atom is -0.494 e. The second kappa shape index (κ2) is 8.05. The molecule has 0 radical (unpaired) electrons. The van der Waals surface area contributed by atoms with Crippen LogP contribution in [0.2, 0.25) is 0 Å². The summed E-state index contributed by atoms with van der Waals surface area (Å²) in [6.07, 6.45) is 0.789. The molecule has 0 aliphatic carbocycles. The third-order valence-electron chi connectivity index (χ3n) is 3.30. The van der Waals surface area contributed by atoms with Crippen LogP contribution >= 0.6 is 11.8 Å². The number of thioether (sulfide) groups is 1. The fourth-order valence-corrected chi connectivity index (χ4v) is 3.11. The van der Waals surface area contributed by atoms with Gasteiger partial charge in [-0.3, -0.25) is 0 Å². The topological polar surface area (TPSA) is 21.3 Å². The van der Waals surface area contributed by atoms with Gasteiger partial charge in [0.15, 0.2) is 11.6 Å². The highest BCUT2D eigenvalue weighted by Crippen LogP contribution is 2.21. The van der Waals surface area contributed by atoms with Gasteiger partial charge in [-0.2, -0.15) is 0 Å².